The van der Waals surface area contributed by atoms with Crippen LogP contribution >= 0.6 is 0 Å². The first-order valence-corrected chi connectivity index (χ1v) is 13.3. The number of ether oxygens (including phenoxy) is 1. The molecule has 3 aromatic rings. The van der Waals surface area contributed by atoms with E-state index in [4.69, 9.17) is 4.74 Å². The summed E-state index contributed by atoms with van der Waals surface area (Å²) >= 11 is 0. The van der Waals surface area contributed by atoms with Crippen LogP contribution < -0.4 is 4.74 Å². The average molecular weight is 495 g/mol. The number of sulfonamides is 1. The van der Waals surface area contributed by atoms with Crippen molar-refractivity contribution in [2.75, 3.05) is 33.4 Å². The van der Waals surface area contributed by atoms with Gasteiger partial charge in [-0.2, -0.15) is 4.31 Å². The molecule has 0 bridgehead atoms. The molecule has 8 nitrogen and oxygen atoms in total. The van der Waals surface area contributed by atoms with E-state index in [-0.39, 0.29) is 29.5 Å². The molecular weight excluding hydrogens is 464 g/mol. The molecule has 2 aliphatic rings. The van der Waals surface area contributed by atoms with E-state index in [1.54, 1.807) is 41.0 Å². The molecule has 0 spiro atoms. The highest BCUT2D eigenvalue weighted by Crippen LogP contribution is 2.43. The molecule has 2 fully saturated rings. The van der Waals surface area contributed by atoms with Gasteiger partial charge in [-0.3, -0.25) is 4.90 Å². The van der Waals surface area contributed by atoms with Crippen molar-refractivity contribution in [1.29, 1.82) is 0 Å². The fourth-order valence-corrected chi connectivity index (χ4v) is 6.92. The van der Waals surface area contributed by atoms with E-state index < -0.39 is 10.0 Å². The van der Waals surface area contributed by atoms with Crippen LogP contribution in [0.4, 0.5) is 0 Å². The largest absolute Gasteiger partial charge is 0.497 e. The molecule has 0 saturated carbocycles. The zero-order chi connectivity index (χ0) is 24.4. The molecule has 5 rings (SSSR count). The zero-order valence-electron chi connectivity index (χ0n) is 19.7. The highest BCUT2D eigenvalue weighted by Gasteiger charge is 2.50. The van der Waals surface area contributed by atoms with Crippen LogP contribution in [0.3, 0.4) is 0 Å². The molecule has 2 aromatic carbocycles. The lowest BCUT2D eigenvalue weighted by atomic mass is 9.74. The number of methoxy groups -OCH3 is 1. The third kappa shape index (κ3) is 4.56. The molecule has 0 amide bonds. The van der Waals surface area contributed by atoms with Crippen molar-refractivity contribution in [3.05, 3.63) is 72.8 Å². The second-order valence-corrected chi connectivity index (χ2v) is 11.0. The minimum absolute atomic E-state index is 0.00117. The first-order valence-electron chi connectivity index (χ1n) is 11.9. The van der Waals surface area contributed by atoms with Gasteiger partial charge in [0.05, 0.1) is 18.6 Å². The summed E-state index contributed by atoms with van der Waals surface area (Å²) in [5.74, 6) is 0.563. The third-order valence-electron chi connectivity index (χ3n) is 7.20. The minimum Gasteiger partial charge on any atom is -0.497 e. The van der Waals surface area contributed by atoms with Gasteiger partial charge < -0.3 is 9.84 Å². The fourth-order valence-electron chi connectivity index (χ4n) is 5.38. The lowest BCUT2D eigenvalue weighted by Gasteiger charge is -2.57. The van der Waals surface area contributed by atoms with Crippen LogP contribution in [0.15, 0.2) is 72.1 Å². The lowest BCUT2D eigenvalue weighted by molar-refractivity contribution is -0.0553. The highest BCUT2D eigenvalue weighted by atomic mass is 32.2. The SMILES string of the molecule is COc1cccc(S(=O)(=O)N2CCCCN3[C@H](CO)[C@@H](c4ccc(-c5cncnc5)cc4)[C@H]3C2)c1. The summed E-state index contributed by atoms with van der Waals surface area (Å²) in [6.07, 6.45) is 6.73. The summed E-state index contributed by atoms with van der Waals surface area (Å²) in [6, 6.07) is 14.9. The van der Waals surface area contributed by atoms with Crippen molar-refractivity contribution in [3.63, 3.8) is 0 Å². The average Bonchev–Trinajstić information content (AvgIpc) is 2.88. The van der Waals surface area contributed by atoms with E-state index in [1.165, 1.54) is 13.4 Å². The molecule has 2 saturated heterocycles. The lowest BCUT2D eigenvalue weighted by Crippen LogP contribution is -2.67. The van der Waals surface area contributed by atoms with Crippen LogP contribution in [0.2, 0.25) is 0 Å². The molecule has 35 heavy (non-hydrogen) atoms. The first-order chi connectivity index (χ1) is 17.0. The molecule has 184 valence electrons. The van der Waals surface area contributed by atoms with Crippen LogP contribution in [0.25, 0.3) is 11.1 Å². The number of fused-ring (bicyclic) bond motifs is 1. The Morgan fingerprint density at radius 1 is 1.03 bits per heavy atom. The van der Waals surface area contributed by atoms with Crippen LogP contribution in [0.1, 0.15) is 24.3 Å². The number of rotatable bonds is 6. The number of hydrogen-bond acceptors (Lipinski definition) is 7. The predicted molar refractivity (Wildman–Crippen MR) is 133 cm³/mol. The van der Waals surface area contributed by atoms with E-state index in [9.17, 15) is 13.5 Å². The second kappa shape index (κ2) is 10.0. The quantitative estimate of drug-likeness (QED) is 0.563. The van der Waals surface area contributed by atoms with E-state index >= 15 is 0 Å². The van der Waals surface area contributed by atoms with Gasteiger partial charge in [0.1, 0.15) is 12.1 Å². The number of aromatic nitrogens is 2. The molecule has 0 radical (unpaired) electrons. The summed E-state index contributed by atoms with van der Waals surface area (Å²) < 4.78 is 34.0. The van der Waals surface area contributed by atoms with Crippen LogP contribution in [-0.2, 0) is 10.0 Å². The topological polar surface area (TPSA) is 95.9 Å². The van der Waals surface area contributed by atoms with Gasteiger partial charge in [0.15, 0.2) is 0 Å². The van der Waals surface area contributed by atoms with Crippen molar-refractivity contribution in [3.8, 4) is 16.9 Å². The normalized spacial score (nSPS) is 23.5. The molecule has 1 aromatic heterocycles. The maximum atomic E-state index is 13.6. The third-order valence-corrected chi connectivity index (χ3v) is 9.06. The maximum absolute atomic E-state index is 13.6. The number of hydrogen-bond donors (Lipinski definition) is 1. The summed E-state index contributed by atoms with van der Waals surface area (Å²) in [5.41, 5.74) is 3.06. The summed E-state index contributed by atoms with van der Waals surface area (Å²) in [5, 5.41) is 10.2. The Balaban J connectivity index is 1.42. The Morgan fingerprint density at radius 3 is 2.49 bits per heavy atom. The van der Waals surface area contributed by atoms with Crippen molar-refractivity contribution in [1.82, 2.24) is 19.2 Å². The summed E-state index contributed by atoms with van der Waals surface area (Å²) in [6.45, 7) is 1.76. The Hall–Kier alpha value is -2.85. The molecule has 9 heteroatoms. The van der Waals surface area contributed by atoms with Crippen LogP contribution in [0.5, 0.6) is 5.75 Å². The maximum Gasteiger partial charge on any atom is 0.243 e. The molecule has 3 atom stereocenters. The highest BCUT2D eigenvalue weighted by molar-refractivity contribution is 7.89. The van der Waals surface area contributed by atoms with E-state index in [1.807, 2.05) is 12.1 Å². The van der Waals surface area contributed by atoms with Crippen LogP contribution in [-0.4, -0.2) is 78.1 Å². The van der Waals surface area contributed by atoms with Gasteiger partial charge in [0, 0.05) is 55.1 Å². The summed E-state index contributed by atoms with van der Waals surface area (Å²) in [7, 11) is -2.15. The Bertz CT molecular complexity index is 1250. The van der Waals surface area contributed by atoms with E-state index in [0.29, 0.717) is 18.8 Å². The number of nitrogens with zero attached hydrogens (tertiary/aromatic N) is 4. The summed E-state index contributed by atoms with van der Waals surface area (Å²) in [4.78, 5) is 10.7. The van der Waals surface area contributed by atoms with E-state index in [0.717, 1.165) is 36.1 Å². The molecule has 3 heterocycles. The van der Waals surface area contributed by atoms with Crippen molar-refractivity contribution >= 4 is 10.0 Å². The molecule has 2 aliphatic heterocycles. The Labute approximate surface area is 206 Å². The molecule has 0 unspecified atom stereocenters. The Kier molecular flexibility index (Phi) is 6.84. The smallest absolute Gasteiger partial charge is 0.243 e. The standard InChI is InChI=1S/C26H30N4O4S/c1-34-22-5-4-6-23(13-22)35(32,33)29-11-2-3-12-30-24(16-29)26(25(30)17-31)20-9-7-19(8-10-20)21-14-27-18-28-15-21/h4-10,13-15,18,24-26,31H,2-3,11-12,16-17H2,1H3/t24-,25-,26+/m1/s1. The van der Waals surface area contributed by atoms with Gasteiger partial charge >= 0.3 is 0 Å². The van der Waals surface area contributed by atoms with Gasteiger partial charge in [-0.25, -0.2) is 18.4 Å². The number of benzene rings is 2. The van der Waals surface area contributed by atoms with Crippen LogP contribution in [0, 0.1) is 0 Å². The monoisotopic (exact) mass is 494 g/mol. The zero-order valence-corrected chi connectivity index (χ0v) is 20.5. The molecule has 1 N–H and O–H groups in total. The van der Waals surface area contributed by atoms with Gasteiger partial charge in [-0.05, 0) is 42.6 Å². The van der Waals surface area contributed by atoms with Gasteiger partial charge in [-0.15, -0.1) is 0 Å². The molecular formula is C26H30N4O4S. The first kappa shape index (κ1) is 23.9. The van der Waals surface area contributed by atoms with Crippen molar-refractivity contribution in [2.24, 2.45) is 0 Å². The number of aliphatic hydroxyl groups is 1. The van der Waals surface area contributed by atoms with E-state index in [2.05, 4.69) is 27.0 Å². The number of aliphatic hydroxyl groups excluding tert-OH is 1. The van der Waals surface area contributed by atoms with Crippen molar-refractivity contribution in [2.45, 2.75) is 35.7 Å². The van der Waals surface area contributed by atoms with Crippen molar-refractivity contribution < 1.29 is 18.3 Å². The van der Waals surface area contributed by atoms with Gasteiger partial charge in [0.2, 0.25) is 10.0 Å². The van der Waals surface area contributed by atoms with Gasteiger partial charge in [-0.1, -0.05) is 30.3 Å². The fraction of sp³-hybridized carbons (Fsp3) is 0.385. The Morgan fingerprint density at radius 2 is 1.77 bits per heavy atom. The van der Waals surface area contributed by atoms with Gasteiger partial charge in [0.25, 0.3) is 0 Å². The second-order valence-electron chi connectivity index (χ2n) is 9.08. The predicted octanol–water partition coefficient (Wildman–Crippen LogP) is 2.77. The minimum atomic E-state index is -3.68. The molecule has 0 aliphatic carbocycles.